The van der Waals surface area contributed by atoms with Crippen molar-refractivity contribution in [3.05, 3.63) is 34.1 Å². The SMILES string of the molecule is CCC(N)CCc1cc(F)ccc1Br. The van der Waals surface area contributed by atoms with Crippen LogP contribution >= 0.6 is 15.9 Å². The zero-order valence-electron chi connectivity index (χ0n) is 8.26. The van der Waals surface area contributed by atoms with Crippen molar-refractivity contribution in [3.63, 3.8) is 0 Å². The fourth-order valence-corrected chi connectivity index (χ4v) is 1.72. The van der Waals surface area contributed by atoms with Crippen LogP contribution in [0.15, 0.2) is 22.7 Å². The van der Waals surface area contributed by atoms with Crippen LogP contribution in [-0.4, -0.2) is 6.04 Å². The molecule has 1 aromatic carbocycles. The Balaban J connectivity index is 2.62. The molecule has 0 saturated carbocycles. The molecule has 0 saturated heterocycles. The Bertz CT molecular complexity index is 301. The fraction of sp³-hybridized carbons (Fsp3) is 0.455. The predicted octanol–water partition coefficient (Wildman–Crippen LogP) is 3.26. The highest BCUT2D eigenvalue weighted by Gasteiger charge is 2.04. The topological polar surface area (TPSA) is 26.0 Å². The minimum atomic E-state index is -0.187. The van der Waals surface area contributed by atoms with Gasteiger partial charge in [-0.25, -0.2) is 4.39 Å². The van der Waals surface area contributed by atoms with Crippen molar-refractivity contribution in [3.8, 4) is 0 Å². The summed E-state index contributed by atoms with van der Waals surface area (Å²) < 4.78 is 13.9. The molecule has 0 aliphatic rings. The van der Waals surface area contributed by atoms with Crippen LogP contribution in [0.5, 0.6) is 0 Å². The standard InChI is InChI=1S/C11H15BrFN/c1-2-10(14)5-3-8-7-9(13)4-6-11(8)12/h4,6-7,10H,2-3,5,14H2,1H3. The number of nitrogens with two attached hydrogens (primary N) is 1. The minimum absolute atomic E-state index is 0.187. The quantitative estimate of drug-likeness (QED) is 0.883. The molecule has 3 heteroatoms. The van der Waals surface area contributed by atoms with Gasteiger partial charge in [0, 0.05) is 10.5 Å². The Kier molecular flexibility index (Phi) is 4.55. The molecule has 1 aromatic rings. The lowest BCUT2D eigenvalue weighted by Gasteiger charge is -2.09. The maximum atomic E-state index is 12.9. The molecule has 0 aliphatic heterocycles. The lowest BCUT2D eigenvalue weighted by Crippen LogP contribution is -2.19. The van der Waals surface area contributed by atoms with Crippen LogP contribution < -0.4 is 5.73 Å². The molecular formula is C11H15BrFN. The third-order valence-corrected chi connectivity index (χ3v) is 3.09. The molecule has 0 fully saturated rings. The summed E-state index contributed by atoms with van der Waals surface area (Å²) in [6.45, 7) is 2.06. The molecule has 0 radical (unpaired) electrons. The van der Waals surface area contributed by atoms with Gasteiger partial charge in [0.25, 0.3) is 0 Å². The third-order valence-electron chi connectivity index (χ3n) is 2.32. The average molecular weight is 260 g/mol. The molecule has 0 amide bonds. The van der Waals surface area contributed by atoms with Gasteiger partial charge in [-0.15, -0.1) is 0 Å². The van der Waals surface area contributed by atoms with E-state index in [9.17, 15) is 4.39 Å². The van der Waals surface area contributed by atoms with Crippen LogP contribution in [0.25, 0.3) is 0 Å². The Labute approximate surface area is 92.6 Å². The molecule has 78 valence electrons. The van der Waals surface area contributed by atoms with Gasteiger partial charge in [-0.2, -0.15) is 0 Å². The van der Waals surface area contributed by atoms with Crippen LogP contribution in [-0.2, 0) is 6.42 Å². The van der Waals surface area contributed by atoms with Crippen molar-refractivity contribution in [2.75, 3.05) is 0 Å². The fourth-order valence-electron chi connectivity index (χ4n) is 1.28. The Morgan fingerprint density at radius 3 is 2.86 bits per heavy atom. The van der Waals surface area contributed by atoms with E-state index in [0.717, 1.165) is 29.3 Å². The van der Waals surface area contributed by atoms with Gasteiger partial charge in [0.1, 0.15) is 5.82 Å². The summed E-state index contributed by atoms with van der Waals surface area (Å²) in [6.07, 6.45) is 2.69. The lowest BCUT2D eigenvalue weighted by molar-refractivity contribution is 0.589. The van der Waals surface area contributed by atoms with Crippen LogP contribution in [0.4, 0.5) is 4.39 Å². The molecule has 1 rings (SSSR count). The number of aryl methyl sites for hydroxylation is 1. The molecule has 0 spiro atoms. The highest BCUT2D eigenvalue weighted by Crippen LogP contribution is 2.19. The van der Waals surface area contributed by atoms with Gasteiger partial charge in [-0.05, 0) is 43.0 Å². The first-order chi connectivity index (χ1) is 6.63. The van der Waals surface area contributed by atoms with Crippen LogP contribution in [0.1, 0.15) is 25.3 Å². The summed E-state index contributed by atoms with van der Waals surface area (Å²) in [5, 5.41) is 0. The van der Waals surface area contributed by atoms with E-state index in [1.165, 1.54) is 6.07 Å². The van der Waals surface area contributed by atoms with E-state index in [1.54, 1.807) is 12.1 Å². The van der Waals surface area contributed by atoms with Crippen LogP contribution in [0.2, 0.25) is 0 Å². The van der Waals surface area contributed by atoms with E-state index in [-0.39, 0.29) is 11.9 Å². The van der Waals surface area contributed by atoms with Gasteiger partial charge < -0.3 is 5.73 Å². The first-order valence-electron chi connectivity index (χ1n) is 4.83. The van der Waals surface area contributed by atoms with Gasteiger partial charge in [0.2, 0.25) is 0 Å². The molecule has 14 heavy (non-hydrogen) atoms. The highest BCUT2D eigenvalue weighted by molar-refractivity contribution is 9.10. The number of rotatable bonds is 4. The zero-order valence-corrected chi connectivity index (χ0v) is 9.85. The molecule has 1 atom stereocenters. The van der Waals surface area contributed by atoms with Gasteiger partial charge in [0.05, 0.1) is 0 Å². The Hall–Kier alpha value is -0.410. The van der Waals surface area contributed by atoms with Crippen molar-refractivity contribution >= 4 is 15.9 Å². The number of halogens is 2. The number of hydrogen-bond acceptors (Lipinski definition) is 1. The second-order valence-corrected chi connectivity index (χ2v) is 4.30. The summed E-state index contributed by atoms with van der Waals surface area (Å²) >= 11 is 3.39. The van der Waals surface area contributed by atoms with Crippen LogP contribution in [0, 0.1) is 5.82 Å². The minimum Gasteiger partial charge on any atom is -0.328 e. The predicted molar refractivity (Wildman–Crippen MR) is 60.7 cm³/mol. The van der Waals surface area contributed by atoms with Gasteiger partial charge in [-0.3, -0.25) is 0 Å². The van der Waals surface area contributed by atoms with E-state index in [0.29, 0.717) is 0 Å². The first kappa shape index (κ1) is 11.7. The summed E-state index contributed by atoms with van der Waals surface area (Å²) in [4.78, 5) is 0. The molecule has 1 unspecified atom stereocenters. The summed E-state index contributed by atoms with van der Waals surface area (Å²) in [5.74, 6) is -0.187. The van der Waals surface area contributed by atoms with E-state index in [1.807, 2.05) is 0 Å². The Morgan fingerprint density at radius 1 is 1.50 bits per heavy atom. The van der Waals surface area contributed by atoms with Crippen molar-refractivity contribution in [1.82, 2.24) is 0 Å². The number of benzene rings is 1. The van der Waals surface area contributed by atoms with E-state index in [2.05, 4.69) is 22.9 Å². The smallest absolute Gasteiger partial charge is 0.123 e. The second kappa shape index (κ2) is 5.47. The van der Waals surface area contributed by atoms with Gasteiger partial charge >= 0.3 is 0 Å². The average Bonchev–Trinajstić information content (AvgIpc) is 2.19. The maximum Gasteiger partial charge on any atom is 0.123 e. The molecule has 0 bridgehead atoms. The molecule has 1 nitrogen and oxygen atoms in total. The first-order valence-corrected chi connectivity index (χ1v) is 5.62. The van der Waals surface area contributed by atoms with E-state index >= 15 is 0 Å². The van der Waals surface area contributed by atoms with E-state index < -0.39 is 0 Å². The van der Waals surface area contributed by atoms with Crippen molar-refractivity contribution in [1.29, 1.82) is 0 Å². The van der Waals surface area contributed by atoms with Crippen LogP contribution in [0.3, 0.4) is 0 Å². The normalized spacial score (nSPS) is 12.9. The molecule has 0 aromatic heterocycles. The monoisotopic (exact) mass is 259 g/mol. The van der Waals surface area contributed by atoms with Gasteiger partial charge in [0.15, 0.2) is 0 Å². The Morgan fingerprint density at radius 2 is 2.21 bits per heavy atom. The van der Waals surface area contributed by atoms with E-state index in [4.69, 9.17) is 5.73 Å². The lowest BCUT2D eigenvalue weighted by atomic mass is 10.0. The van der Waals surface area contributed by atoms with Gasteiger partial charge in [-0.1, -0.05) is 22.9 Å². The summed E-state index contributed by atoms with van der Waals surface area (Å²) in [7, 11) is 0. The van der Waals surface area contributed by atoms with Crippen molar-refractivity contribution in [2.24, 2.45) is 5.73 Å². The maximum absolute atomic E-state index is 12.9. The second-order valence-electron chi connectivity index (χ2n) is 3.44. The third kappa shape index (κ3) is 3.39. The largest absolute Gasteiger partial charge is 0.328 e. The number of hydrogen-bond donors (Lipinski definition) is 1. The van der Waals surface area contributed by atoms with Crippen molar-refractivity contribution < 1.29 is 4.39 Å². The molecule has 0 heterocycles. The zero-order chi connectivity index (χ0) is 10.6. The molecule has 2 N–H and O–H groups in total. The summed E-state index contributed by atoms with van der Waals surface area (Å²) in [6, 6.07) is 4.97. The summed E-state index contributed by atoms with van der Waals surface area (Å²) in [5.41, 5.74) is 6.79. The molecule has 0 aliphatic carbocycles. The highest BCUT2D eigenvalue weighted by atomic mass is 79.9. The molecular weight excluding hydrogens is 245 g/mol. The van der Waals surface area contributed by atoms with Crippen molar-refractivity contribution in [2.45, 2.75) is 32.2 Å².